The number of nitrogens with zero attached hydrogens (tertiary/aromatic N) is 3. The predicted molar refractivity (Wildman–Crippen MR) is 118 cm³/mol. The van der Waals surface area contributed by atoms with Gasteiger partial charge in [0.2, 0.25) is 0 Å². The minimum Gasteiger partial charge on any atom is -0.497 e. The van der Waals surface area contributed by atoms with Gasteiger partial charge < -0.3 is 14.2 Å². The quantitative estimate of drug-likeness (QED) is 0.342. The van der Waals surface area contributed by atoms with Crippen molar-refractivity contribution in [1.82, 2.24) is 15.0 Å². The van der Waals surface area contributed by atoms with Crippen molar-refractivity contribution in [3.05, 3.63) is 107 Å². The molecule has 4 aromatic rings. The molecule has 33 heavy (non-hydrogen) atoms. The van der Waals surface area contributed by atoms with Crippen LogP contribution in [-0.4, -0.2) is 28.7 Å². The molecule has 0 N–H and O–H groups in total. The number of hydrogen-bond acceptors (Lipinski definition) is 5. The first-order valence-corrected chi connectivity index (χ1v) is 10.4. The van der Waals surface area contributed by atoms with Gasteiger partial charge in [-0.3, -0.25) is 0 Å². The first kappa shape index (κ1) is 22.4. The third-order valence-corrected chi connectivity index (χ3v) is 4.98. The molecule has 0 saturated carbocycles. The minimum atomic E-state index is -0.465. The van der Waals surface area contributed by atoms with E-state index in [0.717, 1.165) is 16.9 Å². The Morgan fingerprint density at radius 1 is 0.818 bits per heavy atom. The van der Waals surface area contributed by atoms with Crippen molar-refractivity contribution in [3.63, 3.8) is 0 Å². The zero-order chi connectivity index (χ0) is 23.0. The van der Waals surface area contributed by atoms with Crippen molar-refractivity contribution in [1.29, 1.82) is 0 Å². The van der Waals surface area contributed by atoms with E-state index in [1.807, 2.05) is 24.3 Å². The summed E-state index contributed by atoms with van der Waals surface area (Å²) in [5, 5.41) is 8.23. The Bertz CT molecular complexity index is 1100. The lowest BCUT2D eigenvalue weighted by Gasteiger charge is -2.19. The summed E-state index contributed by atoms with van der Waals surface area (Å²) in [4.78, 5) is 0. The summed E-state index contributed by atoms with van der Waals surface area (Å²) in [6.07, 6.45) is 1.32. The van der Waals surface area contributed by atoms with Crippen LogP contribution in [0.4, 0.5) is 8.78 Å². The summed E-state index contributed by atoms with van der Waals surface area (Å²) in [6, 6.07) is 19.4. The zero-order valence-corrected chi connectivity index (χ0v) is 18.0. The molecule has 0 aliphatic rings. The van der Waals surface area contributed by atoms with Crippen LogP contribution in [0.25, 0.3) is 0 Å². The number of rotatable bonds is 10. The topological polar surface area (TPSA) is 58.4 Å². The fraction of sp³-hybridized carbons (Fsp3) is 0.200. The van der Waals surface area contributed by atoms with E-state index < -0.39 is 6.10 Å². The maximum atomic E-state index is 13.4. The smallest absolute Gasteiger partial charge is 0.134 e. The second-order valence-electron chi connectivity index (χ2n) is 7.29. The van der Waals surface area contributed by atoms with Crippen LogP contribution < -0.4 is 9.47 Å². The SMILES string of the molecule is COc1ccc(OCc2cn(CCOC(c3ccc(F)cc3)c3ccc(F)cc3)nn2)cc1. The van der Waals surface area contributed by atoms with Gasteiger partial charge in [-0.15, -0.1) is 5.10 Å². The van der Waals surface area contributed by atoms with Crippen LogP contribution in [0.5, 0.6) is 11.5 Å². The normalized spacial score (nSPS) is 11.0. The maximum Gasteiger partial charge on any atom is 0.134 e. The molecular weight excluding hydrogens is 428 g/mol. The largest absolute Gasteiger partial charge is 0.497 e. The van der Waals surface area contributed by atoms with Crippen molar-refractivity contribution in [2.75, 3.05) is 13.7 Å². The molecule has 0 amide bonds. The van der Waals surface area contributed by atoms with E-state index in [1.165, 1.54) is 24.3 Å². The van der Waals surface area contributed by atoms with Gasteiger partial charge in [-0.1, -0.05) is 29.5 Å². The molecule has 0 atom stereocenters. The fourth-order valence-electron chi connectivity index (χ4n) is 3.27. The van der Waals surface area contributed by atoms with Crippen LogP contribution in [-0.2, 0) is 17.9 Å². The standard InChI is InChI=1S/C25H23F2N3O3/c1-31-23-10-12-24(13-11-23)33-17-22-16-30(29-28-22)14-15-32-25(18-2-6-20(26)7-3-18)19-4-8-21(27)9-5-19/h2-13,16,25H,14-15,17H2,1H3. The lowest BCUT2D eigenvalue weighted by atomic mass is 10.0. The van der Waals surface area contributed by atoms with Crippen molar-refractivity contribution < 1.29 is 23.0 Å². The molecule has 6 nitrogen and oxygen atoms in total. The summed E-state index contributed by atoms with van der Waals surface area (Å²) in [5.74, 6) is 0.801. The number of hydrogen-bond donors (Lipinski definition) is 0. The summed E-state index contributed by atoms with van der Waals surface area (Å²) < 4.78 is 45.3. The Morgan fingerprint density at radius 3 is 1.97 bits per heavy atom. The van der Waals surface area contributed by atoms with Gasteiger partial charge in [0.1, 0.15) is 41.5 Å². The van der Waals surface area contributed by atoms with Crippen molar-refractivity contribution >= 4 is 0 Å². The van der Waals surface area contributed by atoms with Crippen LogP contribution in [0.2, 0.25) is 0 Å². The number of benzene rings is 3. The molecule has 0 aliphatic carbocycles. The molecule has 0 radical (unpaired) electrons. The summed E-state index contributed by atoms with van der Waals surface area (Å²) in [6.45, 7) is 1.05. The van der Waals surface area contributed by atoms with Gasteiger partial charge >= 0.3 is 0 Å². The number of methoxy groups -OCH3 is 1. The first-order chi connectivity index (χ1) is 16.1. The van der Waals surface area contributed by atoms with Crippen LogP contribution in [0.1, 0.15) is 22.9 Å². The highest BCUT2D eigenvalue weighted by Crippen LogP contribution is 2.26. The fourth-order valence-corrected chi connectivity index (χ4v) is 3.27. The molecule has 1 heterocycles. The van der Waals surface area contributed by atoms with E-state index in [1.54, 1.807) is 42.3 Å². The average molecular weight is 451 g/mol. The minimum absolute atomic E-state index is 0.279. The second kappa shape index (κ2) is 10.7. The highest BCUT2D eigenvalue weighted by atomic mass is 19.1. The van der Waals surface area contributed by atoms with Gasteiger partial charge in [0.15, 0.2) is 0 Å². The van der Waals surface area contributed by atoms with Crippen LogP contribution in [0, 0.1) is 11.6 Å². The average Bonchev–Trinajstić information content (AvgIpc) is 3.30. The maximum absolute atomic E-state index is 13.4. The lowest BCUT2D eigenvalue weighted by Crippen LogP contribution is -2.12. The van der Waals surface area contributed by atoms with Gasteiger partial charge in [-0.25, -0.2) is 13.5 Å². The van der Waals surface area contributed by atoms with E-state index >= 15 is 0 Å². The number of halogens is 2. The number of aromatic nitrogens is 3. The van der Waals surface area contributed by atoms with E-state index in [-0.39, 0.29) is 18.2 Å². The molecule has 8 heteroatoms. The zero-order valence-electron chi connectivity index (χ0n) is 18.0. The third kappa shape index (κ3) is 6.14. The second-order valence-corrected chi connectivity index (χ2v) is 7.29. The molecule has 170 valence electrons. The van der Waals surface area contributed by atoms with Gasteiger partial charge in [0.05, 0.1) is 26.5 Å². The Balaban J connectivity index is 1.34. The van der Waals surface area contributed by atoms with Crippen LogP contribution in [0.15, 0.2) is 79.0 Å². The Morgan fingerprint density at radius 2 is 1.39 bits per heavy atom. The summed E-state index contributed by atoms with van der Waals surface area (Å²) >= 11 is 0. The molecule has 1 aromatic heterocycles. The van der Waals surface area contributed by atoms with Gasteiger partial charge in [-0.05, 0) is 59.7 Å². The summed E-state index contributed by atoms with van der Waals surface area (Å²) in [7, 11) is 1.61. The number of ether oxygens (including phenoxy) is 3. The molecule has 0 saturated heterocycles. The molecular formula is C25H23F2N3O3. The van der Waals surface area contributed by atoms with Crippen molar-refractivity contribution in [2.24, 2.45) is 0 Å². The van der Waals surface area contributed by atoms with E-state index in [9.17, 15) is 8.78 Å². The Labute approximate surface area is 190 Å². The first-order valence-electron chi connectivity index (χ1n) is 10.4. The monoisotopic (exact) mass is 451 g/mol. The van der Waals surface area contributed by atoms with Crippen molar-refractivity contribution in [2.45, 2.75) is 19.3 Å². The molecule has 0 fully saturated rings. The highest BCUT2D eigenvalue weighted by molar-refractivity contribution is 5.31. The van der Waals surface area contributed by atoms with Crippen molar-refractivity contribution in [3.8, 4) is 11.5 Å². The van der Waals surface area contributed by atoms with Gasteiger partial charge in [0.25, 0.3) is 0 Å². The van der Waals surface area contributed by atoms with E-state index in [4.69, 9.17) is 14.2 Å². The Hall–Kier alpha value is -3.78. The lowest BCUT2D eigenvalue weighted by molar-refractivity contribution is 0.0716. The molecule has 0 unspecified atom stereocenters. The molecule has 3 aromatic carbocycles. The molecule has 0 aliphatic heterocycles. The van der Waals surface area contributed by atoms with E-state index in [2.05, 4.69) is 10.3 Å². The van der Waals surface area contributed by atoms with Gasteiger partial charge in [-0.2, -0.15) is 0 Å². The third-order valence-electron chi connectivity index (χ3n) is 4.98. The molecule has 0 spiro atoms. The molecule has 4 rings (SSSR count). The van der Waals surface area contributed by atoms with Gasteiger partial charge in [0, 0.05) is 0 Å². The Kier molecular flexibility index (Phi) is 7.26. The summed E-state index contributed by atoms with van der Waals surface area (Å²) in [5.41, 5.74) is 2.23. The van der Waals surface area contributed by atoms with E-state index in [0.29, 0.717) is 24.6 Å². The van der Waals surface area contributed by atoms with Crippen LogP contribution in [0.3, 0.4) is 0 Å². The highest BCUT2D eigenvalue weighted by Gasteiger charge is 2.15. The van der Waals surface area contributed by atoms with Crippen LogP contribution >= 0.6 is 0 Å². The molecule has 0 bridgehead atoms. The predicted octanol–water partition coefficient (Wildman–Crippen LogP) is 4.95.